The van der Waals surface area contributed by atoms with E-state index < -0.39 is 18.0 Å². The number of carbonyl (C=O) groups excluding carboxylic acids is 1. The Balaban J connectivity index is 0.000000287. The quantitative estimate of drug-likeness (QED) is 0.848. The molecule has 0 aliphatic rings. The topological polar surface area (TPSA) is 83.8 Å². The van der Waals surface area contributed by atoms with Crippen LogP contribution < -0.4 is 0 Å². The predicted octanol–water partition coefficient (Wildman–Crippen LogP) is 3.10. The van der Waals surface area contributed by atoms with Crippen LogP contribution in [0.25, 0.3) is 0 Å². The first-order chi connectivity index (χ1) is 10.5. The molecular weight excluding hydrogens is 284 g/mol. The van der Waals surface area contributed by atoms with Gasteiger partial charge >= 0.3 is 11.9 Å². The summed E-state index contributed by atoms with van der Waals surface area (Å²) in [4.78, 5) is 22.1. The average Bonchev–Trinajstić information content (AvgIpc) is 2.54. The molecule has 0 spiro atoms. The lowest BCUT2D eigenvalue weighted by Gasteiger charge is -2.11. The zero-order chi connectivity index (χ0) is 16.4. The summed E-state index contributed by atoms with van der Waals surface area (Å²) in [6.07, 6.45) is -0.814. The van der Waals surface area contributed by atoms with Gasteiger partial charge in [-0.15, -0.1) is 0 Å². The van der Waals surface area contributed by atoms with Gasteiger partial charge in [-0.05, 0) is 30.7 Å². The highest BCUT2D eigenvalue weighted by atomic mass is 16.6. The minimum Gasteiger partial charge on any atom is -0.508 e. The minimum absolute atomic E-state index is 0.258. The maximum absolute atomic E-state index is 11.4. The van der Waals surface area contributed by atoms with Crippen LogP contribution in [-0.4, -0.2) is 28.3 Å². The normalized spacial score (nSPS) is 10.8. The molecule has 0 amide bonds. The molecule has 1 atom stereocenters. The van der Waals surface area contributed by atoms with E-state index in [9.17, 15) is 9.59 Å². The number of esters is 1. The number of hydrogen-bond acceptors (Lipinski definition) is 4. The molecule has 0 fully saturated rings. The van der Waals surface area contributed by atoms with E-state index in [1.807, 2.05) is 6.07 Å². The number of carbonyl (C=O) groups is 2. The van der Waals surface area contributed by atoms with Gasteiger partial charge in [0.05, 0.1) is 5.56 Å². The highest BCUT2D eigenvalue weighted by Crippen LogP contribution is 2.06. The lowest BCUT2D eigenvalue weighted by molar-refractivity contribution is -0.147. The van der Waals surface area contributed by atoms with Crippen LogP contribution in [0, 0.1) is 0 Å². The van der Waals surface area contributed by atoms with Crippen molar-refractivity contribution < 1.29 is 24.5 Å². The van der Waals surface area contributed by atoms with E-state index in [0.29, 0.717) is 11.3 Å². The Kier molecular flexibility index (Phi) is 7.19. The Morgan fingerprint density at radius 3 is 1.86 bits per heavy atom. The van der Waals surface area contributed by atoms with Crippen molar-refractivity contribution in [2.24, 2.45) is 0 Å². The van der Waals surface area contributed by atoms with E-state index >= 15 is 0 Å². The number of aromatic hydroxyl groups is 1. The molecule has 0 aliphatic heterocycles. The molecule has 1 unspecified atom stereocenters. The van der Waals surface area contributed by atoms with E-state index in [2.05, 4.69) is 0 Å². The fraction of sp³-hybridized carbons (Fsp3) is 0.176. The molecular formula is C17H18O5. The van der Waals surface area contributed by atoms with E-state index in [-0.39, 0.29) is 6.42 Å². The Labute approximate surface area is 128 Å². The number of aliphatic carboxylic acids is 1. The third-order valence-electron chi connectivity index (χ3n) is 2.66. The maximum Gasteiger partial charge on any atom is 0.345 e. The van der Waals surface area contributed by atoms with Crippen molar-refractivity contribution in [2.75, 3.05) is 0 Å². The molecule has 0 radical (unpaired) electrons. The molecule has 0 saturated carbocycles. The van der Waals surface area contributed by atoms with Gasteiger partial charge in [0.25, 0.3) is 0 Å². The second kappa shape index (κ2) is 9.18. The summed E-state index contributed by atoms with van der Waals surface area (Å²) in [5.74, 6) is -1.41. The number of para-hydroxylation sites is 1. The van der Waals surface area contributed by atoms with Crippen LogP contribution in [-0.2, 0) is 9.53 Å². The molecule has 116 valence electrons. The van der Waals surface area contributed by atoms with Crippen molar-refractivity contribution in [3.63, 3.8) is 0 Å². The third-order valence-corrected chi connectivity index (χ3v) is 2.66. The van der Waals surface area contributed by atoms with Gasteiger partial charge in [0.15, 0.2) is 6.10 Å². The van der Waals surface area contributed by atoms with Crippen LogP contribution in [0.4, 0.5) is 0 Å². The van der Waals surface area contributed by atoms with Gasteiger partial charge in [0.1, 0.15) is 5.75 Å². The Morgan fingerprint density at radius 1 is 1.00 bits per heavy atom. The van der Waals surface area contributed by atoms with Crippen molar-refractivity contribution in [1.82, 2.24) is 0 Å². The van der Waals surface area contributed by atoms with E-state index in [0.717, 1.165) is 0 Å². The number of rotatable bonds is 4. The van der Waals surface area contributed by atoms with Crippen LogP contribution >= 0.6 is 0 Å². The summed E-state index contributed by atoms with van der Waals surface area (Å²) in [7, 11) is 0. The number of carboxylic acids is 1. The molecule has 0 bridgehead atoms. The first-order valence-corrected chi connectivity index (χ1v) is 6.77. The van der Waals surface area contributed by atoms with Crippen molar-refractivity contribution in [3.05, 3.63) is 66.2 Å². The summed E-state index contributed by atoms with van der Waals surface area (Å²) in [5, 5.41) is 17.3. The van der Waals surface area contributed by atoms with Crippen molar-refractivity contribution in [3.8, 4) is 5.75 Å². The van der Waals surface area contributed by atoms with Crippen molar-refractivity contribution in [1.29, 1.82) is 0 Å². The van der Waals surface area contributed by atoms with Gasteiger partial charge in [0.2, 0.25) is 0 Å². The molecule has 0 saturated heterocycles. The Bertz CT molecular complexity index is 581. The SMILES string of the molecule is CCC(OC(=O)c1ccccc1)C(=O)O.Oc1ccccc1. The van der Waals surface area contributed by atoms with Crippen LogP contribution in [0.1, 0.15) is 23.7 Å². The largest absolute Gasteiger partial charge is 0.508 e. The van der Waals surface area contributed by atoms with Gasteiger partial charge in [0, 0.05) is 0 Å². The fourth-order valence-electron chi connectivity index (χ4n) is 1.51. The van der Waals surface area contributed by atoms with Gasteiger partial charge in [-0.25, -0.2) is 9.59 Å². The summed E-state index contributed by atoms with van der Waals surface area (Å²) in [6.45, 7) is 1.65. The van der Waals surface area contributed by atoms with Gasteiger partial charge in [-0.1, -0.05) is 43.3 Å². The van der Waals surface area contributed by atoms with Crippen LogP contribution in [0.15, 0.2) is 60.7 Å². The molecule has 5 nitrogen and oxygen atoms in total. The second-order valence-corrected chi connectivity index (χ2v) is 4.34. The van der Waals surface area contributed by atoms with Crippen molar-refractivity contribution >= 4 is 11.9 Å². The van der Waals surface area contributed by atoms with Gasteiger partial charge in [-0.2, -0.15) is 0 Å². The molecule has 22 heavy (non-hydrogen) atoms. The summed E-state index contributed by atoms with van der Waals surface area (Å²) >= 11 is 0. The molecule has 0 aliphatic carbocycles. The molecule has 0 heterocycles. The number of phenolic OH excluding ortho intramolecular Hbond substituents is 1. The predicted molar refractivity (Wildman–Crippen MR) is 81.7 cm³/mol. The Morgan fingerprint density at radius 2 is 1.50 bits per heavy atom. The maximum atomic E-state index is 11.4. The third kappa shape index (κ3) is 6.09. The molecule has 2 rings (SSSR count). The minimum atomic E-state index is -1.12. The lowest BCUT2D eigenvalue weighted by atomic mass is 10.2. The van der Waals surface area contributed by atoms with Gasteiger partial charge in [-0.3, -0.25) is 0 Å². The van der Waals surface area contributed by atoms with Crippen LogP contribution in [0.2, 0.25) is 0 Å². The Hall–Kier alpha value is -2.82. The molecule has 5 heteroatoms. The molecule has 2 aromatic rings. The van der Waals surface area contributed by atoms with Crippen LogP contribution in [0.5, 0.6) is 5.75 Å². The van der Waals surface area contributed by atoms with Crippen LogP contribution in [0.3, 0.4) is 0 Å². The first kappa shape index (κ1) is 17.2. The summed E-state index contributed by atoms with van der Waals surface area (Å²) in [6, 6.07) is 17.0. The molecule has 2 aromatic carbocycles. The second-order valence-electron chi connectivity index (χ2n) is 4.34. The lowest BCUT2D eigenvalue weighted by Crippen LogP contribution is -2.26. The number of ether oxygens (including phenoxy) is 1. The number of benzene rings is 2. The van der Waals surface area contributed by atoms with Gasteiger partial charge < -0.3 is 14.9 Å². The number of phenols is 1. The van der Waals surface area contributed by atoms with E-state index in [1.54, 1.807) is 61.5 Å². The zero-order valence-corrected chi connectivity index (χ0v) is 12.2. The fourth-order valence-corrected chi connectivity index (χ4v) is 1.51. The highest BCUT2D eigenvalue weighted by molar-refractivity contribution is 5.91. The average molecular weight is 302 g/mol. The standard InChI is InChI=1S/C11H12O4.C6H6O/c1-2-9(10(12)13)15-11(14)8-6-4-3-5-7-8;7-6-4-2-1-3-5-6/h3-7,9H,2H2,1H3,(H,12,13);1-5,7H. The zero-order valence-electron chi connectivity index (χ0n) is 12.2. The van der Waals surface area contributed by atoms with Crippen molar-refractivity contribution in [2.45, 2.75) is 19.4 Å². The first-order valence-electron chi connectivity index (χ1n) is 6.77. The van der Waals surface area contributed by atoms with E-state index in [1.165, 1.54) is 0 Å². The number of hydrogen-bond donors (Lipinski definition) is 2. The summed E-state index contributed by atoms with van der Waals surface area (Å²) < 4.78 is 4.81. The summed E-state index contributed by atoms with van der Waals surface area (Å²) in [5.41, 5.74) is 0.359. The van der Waals surface area contributed by atoms with E-state index in [4.69, 9.17) is 14.9 Å². The molecule has 2 N–H and O–H groups in total. The smallest absolute Gasteiger partial charge is 0.345 e. The monoisotopic (exact) mass is 302 g/mol. The number of carboxylic acid groups (broad SMARTS) is 1. The highest BCUT2D eigenvalue weighted by Gasteiger charge is 2.20. The molecule has 0 aromatic heterocycles.